The highest BCUT2D eigenvalue weighted by Crippen LogP contribution is 2.33. The lowest BCUT2D eigenvalue weighted by Gasteiger charge is -2.30. The van der Waals surface area contributed by atoms with Gasteiger partial charge in [0.25, 0.3) is 5.91 Å². The standard InChI is InChI=1S/C19H25N3O4/c1-2-26-15-9-5-4-8-14(15)10-11-16(23)21-22-17(24)19(20-18(22)25)12-6-3-7-13-19/h4-5,8-9H,2-3,6-7,10-13H2,1H3,(H,20,25)(H,21,23). The van der Waals surface area contributed by atoms with Gasteiger partial charge in [-0.15, -0.1) is 0 Å². The van der Waals surface area contributed by atoms with Crippen LogP contribution in [0.1, 0.15) is 51.0 Å². The lowest BCUT2D eigenvalue weighted by molar-refractivity contribution is -0.139. The smallest absolute Gasteiger partial charge is 0.344 e. The Morgan fingerprint density at radius 3 is 2.69 bits per heavy atom. The highest BCUT2D eigenvalue weighted by Gasteiger charge is 2.52. The van der Waals surface area contributed by atoms with Crippen molar-refractivity contribution in [2.24, 2.45) is 0 Å². The SMILES string of the molecule is CCOc1ccccc1CCC(=O)NN1C(=O)NC2(CCCCC2)C1=O. The highest BCUT2D eigenvalue weighted by molar-refractivity contribution is 6.08. The van der Waals surface area contributed by atoms with E-state index in [9.17, 15) is 14.4 Å². The minimum atomic E-state index is -0.829. The second-order valence-electron chi connectivity index (χ2n) is 6.79. The first-order chi connectivity index (χ1) is 12.6. The summed E-state index contributed by atoms with van der Waals surface area (Å²) in [6.07, 6.45) is 4.77. The van der Waals surface area contributed by atoms with Crippen LogP contribution in [0.5, 0.6) is 5.75 Å². The molecule has 1 aromatic rings. The number of carbonyl (C=O) groups excluding carboxylic acids is 3. The molecule has 1 heterocycles. The van der Waals surface area contributed by atoms with Crippen molar-refractivity contribution in [3.63, 3.8) is 0 Å². The third-order valence-electron chi connectivity index (χ3n) is 5.00. The summed E-state index contributed by atoms with van der Waals surface area (Å²) in [5.74, 6) is 0.0388. The molecular formula is C19H25N3O4. The summed E-state index contributed by atoms with van der Waals surface area (Å²) in [5.41, 5.74) is 2.56. The molecule has 0 radical (unpaired) electrons. The summed E-state index contributed by atoms with van der Waals surface area (Å²) >= 11 is 0. The van der Waals surface area contributed by atoms with E-state index < -0.39 is 11.6 Å². The quantitative estimate of drug-likeness (QED) is 0.763. The molecule has 2 N–H and O–H groups in total. The number of nitrogens with zero attached hydrogens (tertiary/aromatic N) is 1. The zero-order valence-electron chi connectivity index (χ0n) is 15.0. The number of nitrogens with one attached hydrogen (secondary N) is 2. The number of hydrazine groups is 1. The number of ether oxygens (including phenoxy) is 1. The van der Waals surface area contributed by atoms with E-state index in [1.807, 2.05) is 31.2 Å². The molecule has 7 nitrogen and oxygen atoms in total. The fourth-order valence-electron chi connectivity index (χ4n) is 3.65. The van der Waals surface area contributed by atoms with Crippen molar-refractivity contribution in [1.82, 2.24) is 15.8 Å². The first-order valence-electron chi connectivity index (χ1n) is 9.22. The Morgan fingerprint density at radius 1 is 1.23 bits per heavy atom. The zero-order chi connectivity index (χ0) is 18.6. The van der Waals surface area contributed by atoms with Gasteiger partial charge in [-0.2, -0.15) is 5.01 Å². The molecule has 1 aliphatic heterocycles. The predicted molar refractivity (Wildman–Crippen MR) is 95.3 cm³/mol. The third-order valence-corrected chi connectivity index (χ3v) is 5.00. The van der Waals surface area contributed by atoms with Gasteiger partial charge in [0.05, 0.1) is 6.61 Å². The van der Waals surface area contributed by atoms with Gasteiger partial charge in [-0.1, -0.05) is 37.5 Å². The molecule has 2 aliphatic rings. The molecule has 4 amide bonds. The fraction of sp³-hybridized carbons (Fsp3) is 0.526. The fourth-order valence-corrected chi connectivity index (χ4v) is 3.65. The minimum Gasteiger partial charge on any atom is -0.494 e. The summed E-state index contributed by atoms with van der Waals surface area (Å²) < 4.78 is 5.55. The molecule has 7 heteroatoms. The average Bonchev–Trinajstić information content (AvgIpc) is 2.86. The van der Waals surface area contributed by atoms with Crippen LogP contribution < -0.4 is 15.5 Å². The van der Waals surface area contributed by atoms with E-state index in [2.05, 4.69) is 10.7 Å². The first kappa shape index (κ1) is 18.2. The van der Waals surface area contributed by atoms with Crippen LogP contribution in [0.4, 0.5) is 4.79 Å². The Bertz CT molecular complexity index is 698. The molecule has 140 valence electrons. The van der Waals surface area contributed by atoms with Crippen LogP contribution in [-0.4, -0.2) is 35.0 Å². The number of rotatable bonds is 6. The van der Waals surface area contributed by atoms with Crippen molar-refractivity contribution in [1.29, 1.82) is 0 Å². The molecule has 0 aromatic heterocycles. The van der Waals surface area contributed by atoms with Gasteiger partial charge in [0.2, 0.25) is 5.91 Å². The molecule has 1 saturated carbocycles. The minimum absolute atomic E-state index is 0.161. The molecule has 1 spiro atoms. The van der Waals surface area contributed by atoms with Crippen molar-refractivity contribution >= 4 is 17.8 Å². The largest absolute Gasteiger partial charge is 0.494 e. The van der Waals surface area contributed by atoms with Crippen LogP contribution >= 0.6 is 0 Å². The van der Waals surface area contributed by atoms with Crippen LogP contribution in [0.25, 0.3) is 0 Å². The maximum Gasteiger partial charge on any atom is 0.344 e. The van der Waals surface area contributed by atoms with Gasteiger partial charge in [0.1, 0.15) is 11.3 Å². The maximum absolute atomic E-state index is 12.6. The number of amides is 4. The van der Waals surface area contributed by atoms with Crippen LogP contribution in [0.15, 0.2) is 24.3 Å². The van der Waals surface area contributed by atoms with Crippen LogP contribution in [0.3, 0.4) is 0 Å². The summed E-state index contributed by atoms with van der Waals surface area (Å²) in [6, 6.07) is 7.00. The lowest BCUT2D eigenvalue weighted by Crippen LogP contribution is -2.51. The molecule has 1 aliphatic carbocycles. The number of urea groups is 1. The number of aryl methyl sites for hydroxylation is 1. The predicted octanol–water partition coefficient (Wildman–Crippen LogP) is 2.30. The number of hydrogen-bond acceptors (Lipinski definition) is 4. The topological polar surface area (TPSA) is 87.7 Å². The second kappa shape index (κ2) is 7.76. The highest BCUT2D eigenvalue weighted by atomic mass is 16.5. The molecule has 26 heavy (non-hydrogen) atoms. The number of imide groups is 1. The van der Waals surface area contributed by atoms with Gasteiger partial charge in [-0.3, -0.25) is 15.0 Å². The monoisotopic (exact) mass is 359 g/mol. The Hall–Kier alpha value is -2.57. The Balaban J connectivity index is 1.58. The van der Waals surface area contributed by atoms with E-state index in [-0.39, 0.29) is 18.2 Å². The number of carbonyl (C=O) groups is 3. The van der Waals surface area contributed by atoms with Crippen LogP contribution in [-0.2, 0) is 16.0 Å². The number of benzene rings is 1. The Morgan fingerprint density at radius 2 is 1.96 bits per heavy atom. The van der Waals surface area contributed by atoms with Gasteiger partial charge in [0, 0.05) is 6.42 Å². The molecule has 0 bridgehead atoms. The molecule has 1 aromatic carbocycles. The van der Waals surface area contributed by atoms with Crippen molar-refractivity contribution < 1.29 is 19.1 Å². The molecule has 0 unspecified atom stereocenters. The second-order valence-corrected chi connectivity index (χ2v) is 6.79. The van der Waals surface area contributed by atoms with Crippen molar-refractivity contribution in [3.05, 3.63) is 29.8 Å². The van der Waals surface area contributed by atoms with E-state index >= 15 is 0 Å². The van der Waals surface area contributed by atoms with Crippen molar-refractivity contribution in [2.75, 3.05) is 6.61 Å². The van der Waals surface area contributed by atoms with Crippen molar-refractivity contribution in [2.45, 2.75) is 57.4 Å². The average molecular weight is 359 g/mol. The molecule has 1 saturated heterocycles. The number of para-hydroxylation sites is 1. The maximum atomic E-state index is 12.6. The third kappa shape index (κ3) is 3.66. The van der Waals surface area contributed by atoms with Crippen molar-refractivity contribution in [3.8, 4) is 5.75 Å². The van der Waals surface area contributed by atoms with E-state index in [0.29, 0.717) is 25.9 Å². The molecular weight excluding hydrogens is 334 g/mol. The summed E-state index contributed by atoms with van der Waals surface area (Å²) in [4.78, 5) is 37.1. The number of hydrogen-bond donors (Lipinski definition) is 2. The normalized spacial score (nSPS) is 18.7. The van der Waals surface area contributed by atoms with Crippen LogP contribution in [0, 0.1) is 0 Å². The van der Waals surface area contributed by atoms with Crippen LogP contribution in [0.2, 0.25) is 0 Å². The summed E-state index contributed by atoms with van der Waals surface area (Å²) in [7, 11) is 0. The first-order valence-corrected chi connectivity index (χ1v) is 9.22. The van der Waals surface area contributed by atoms with Gasteiger partial charge >= 0.3 is 6.03 Å². The Kier molecular flexibility index (Phi) is 5.44. The van der Waals surface area contributed by atoms with E-state index in [1.165, 1.54) is 0 Å². The molecule has 3 rings (SSSR count). The van der Waals surface area contributed by atoms with E-state index in [0.717, 1.165) is 35.6 Å². The van der Waals surface area contributed by atoms with E-state index in [4.69, 9.17) is 4.74 Å². The van der Waals surface area contributed by atoms with Gasteiger partial charge in [-0.25, -0.2) is 4.79 Å². The lowest BCUT2D eigenvalue weighted by atomic mass is 9.82. The summed E-state index contributed by atoms with van der Waals surface area (Å²) in [6.45, 7) is 2.45. The summed E-state index contributed by atoms with van der Waals surface area (Å²) in [5, 5.41) is 3.63. The van der Waals surface area contributed by atoms with E-state index in [1.54, 1.807) is 0 Å². The molecule has 0 atom stereocenters. The Labute approximate surface area is 153 Å². The van der Waals surface area contributed by atoms with Gasteiger partial charge in [0.15, 0.2) is 0 Å². The molecule has 2 fully saturated rings. The van der Waals surface area contributed by atoms with Gasteiger partial charge in [-0.05, 0) is 37.8 Å². The van der Waals surface area contributed by atoms with Gasteiger partial charge < -0.3 is 10.1 Å². The zero-order valence-corrected chi connectivity index (χ0v) is 15.0.